The molecule has 1 aliphatic rings. The number of nitrogens with zero attached hydrogens (tertiary/aromatic N) is 3. The van der Waals surface area contributed by atoms with Gasteiger partial charge < -0.3 is 14.7 Å². The molecule has 1 saturated heterocycles. The van der Waals surface area contributed by atoms with Gasteiger partial charge in [0.1, 0.15) is 5.15 Å². The molecule has 0 spiro atoms. The van der Waals surface area contributed by atoms with Gasteiger partial charge in [-0.2, -0.15) is 0 Å². The van der Waals surface area contributed by atoms with E-state index >= 15 is 0 Å². The second-order valence-electron chi connectivity index (χ2n) is 5.58. The first-order valence-corrected chi connectivity index (χ1v) is 8.23. The third kappa shape index (κ3) is 3.74. The van der Waals surface area contributed by atoms with Gasteiger partial charge in [-0.05, 0) is 31.9 Å². The highest BCUT2D eigenvalue weighted by Gasteiger charge is 2.21. The smallest absolute Gasteiger partial charge is 0.213 e. The monoisotopic (exact) mass is 333 g/mol. The number of pyridine rings is 2. The molecule has 0 aromatic carbocycles. The summed E-state index contributed by atoms with van der Waals surface area (Å²) in [6.07, 6.45) is 5.04. The normalized spacial score (nSPS) is 18.0. The molecule has 3 heterocycles. The van der Waals surface area contributed by atoms with E-state index in [-0.39, 0.29) is 6.10 Å². The lowest BCUT2D eigenvalue weighted by Crippen LogP contribution is -2.38. The van der Waals surface area contributed by atoms with Gasteiger partial charge in [-0.3, -0.25) is 0 Å². The number of halogens is 1. The lowest BCUT2D eigenvalue weighted by atomic mass is 10.0. The fraction of sp³-hybridized carbons (Fsp3) is 0.412. The first-order chi connectivity index (χ1) is 11.2. The maximum atomic E-state index is 9.95. The van der Waals surface area contributed by atoms with Crippen LogP contribution in [-0.2, 0) is 0 Å². The SMILES string of the molecule is CCOc1ccc(-c2cnc(Cl)cc2N2CCC[C@H](O)C2)cn1. The Morgan fingerprint density at radius 3 is 2.91 bits per heavy atom. The van der Waals surface area contributed by atoms with Crippen LogP contribution in [0.1, 0.15) is 19.8 Å². The molecule has 3 rings (SSSR count). The highest BCUT2D eigenvalue weighted by atomic mass is 35.5. The van der Waals surface area contributed by atoms with Crippen LogP contribution in [0.5, 0.6) is 5.88 Å². The van der Waals surface area contributed by atoms with Crippen LogP contribution in [0, 0.1) is 0 Å². The molecule has 2 aromatic heterocycles. The van der Waals surface area contributed by atoms with Crippen LogP contribution in [0.15, 0.2) is 30.6 Å². The Hall–Kier alpha value is -1.85. The highest BCUT2D eigenvalue weighted by molar-refractivity contribution is 6.29. The van der Waals surface area contributed by atoms with Gasteiger partial charge in [-0.1, -0.05) is 11.6 Å². The molecule has 0 radical (unpaired) electrons. The number of aliphatic hydroxyl groups is 1. The van der Waals surface area contributed by atoms with Crippen molar-refractivity contribution in [2.75, 3.05) is 24.6 Å². The first-order valence-electron chi connectivity index (χ1n) is 7.85. The largest absolute Gasteiger partial charge is 0.478 e. The molecule has 1 atom stereocenters. The molecule has 1 fully saturated rings. The second-order valence-corrected chi connectivity index (χ2v) is 5.97. The lowest BCUT2D eigenvalue weighted by Gasteiger charge is -2.33. The summed E-state index contributed by atoms with van der Waals surface area (Å²) >= 11 is 6.09. The molecule has 6 heteroatoms. The molecule has 122 valence electrons. The fourth-order valence-electron chi connectivity index (χ4n) is 2.85. The van der Waals surface area contributed by atoms with E-state index in [2.05, 4.69) is 14.9 Å². The summed E-state index contributed by atoms with van der Waals surface area (Å²) < 4.78 is 5.39. The molecule has 2 aromatic rings. The molecule has 0 bridgehead atoms. The molecular formula is C17H20ClN3O2. The van der Waals surface area contributed by atoms with Gasteiger partial charge in [0.05, 0.1) is 12.7 Å². The van der Waals surface area contributed by atoms with Crippen molar-refractivity contribution < 1.29 is 9.84 Å². The van der Waals surface area contributed by atoms with E-state index in [9.17, 15) is 5.11 Å². The number of rotatable bonds is 4. The average Bonchev–Trinajstić information content (AvgIpc) is 2.56. The summed E-state index contributed by atoms with van der Waals surface area (Å²) in [6.45, 7) is 4.02. The van der Waals surface area contributed by atoms with E-state index in [4.69, 9.17) is 16.3 Å². The number of β-amino-alcohol motifs (C(OH)–C–C–N with tert-alkyl or cyclic N) is 1. The van der Waals surface area contributed by atoms with Gasteiger partial charge in [0.25, 0.3) is 0 Å². The van der Waals surface area contributed by atoms with Crippen LogP contribution in [0.25, 0.3) is 11.1 Å². The van der Waals surface area contributed by atoms with Gasteiger partial charge in [-0.15, -0.1) is 0 Å². The molecule has 1 N–H and O–H groups in total. The van der Waals surface area contributed by atoms with Crippen molar-refractivity contribution in [2.24, 2.45) is 0 Å². The standard InChI is InChI=1S/C17H20ClN3O2/c1-2-23-17-6-5-12(9-20-17)14-10-19-16(18)8-15(14)21-7-3-4-13(22)11-21/h5-6,8-10,13,22H,2-4,7,11H2,1H3/t13-/m0/s1. The zero-order valence-corrected chi connectivity index (χ0v) is 13.8. The van der Waals surface area contributed by atoms with Crippen LogP contribution in [0.3, 0.4) is 0 Å². The molecular weight excluding hydrogens is 314 g/mol. The Morgan fingerprint density at radius 2 is 2.22 bits per heavy atom. The predicted molar refractivity (Wildman–Crippen MR) is 91.1 cm³/mol. The Bertz CT molecular complexity index is 663. The number of aromatic nitrogens is 2. The van der Waals surface area contributed by atoms with E-state index in [0.29, 0.717) is 24.2 Å². The number of hydrogen-bond donors (Lipinski definition) is 1. The van der Waals surface area contributed by atoms with Gasteiger partial charge in [0.2, 0.25) is 5.88 Å². The topological polar surface area (TPSA) is 58.5 Å². The molecule has 23 heavy (non-hydrogen) atoms. The Balaban J connectivity index is 1.95. The lowest BCUT2D eigenvalue weighted by molar-refractivity contribution is 0.154. The maximum absolute atomic E-state index is 9.95. The van der Waals surface area contributed by atoms with Crippen molar-refractivity contribution in [1.29, 1.82) is 0 Å². The first kappa shape index (κ1) is 16.0. The minimum absolute atomic E-state index is 0.304. The molecule has 1 aliphatic heterocycles. The summed E-state index contributed by atoms with van der Waals surface area (Å²) in [5.74, 6) is 0.605. The van der Waals surface area contributed by atoms with E-state index in [0.717, 1.165) is 36.2 Å². The quantitative estimate of drug-likeness (QED) is 0.871. The zero-order valence-electron chi connectivity index (χ0n) is 13.1. The second kappa shape index (κ2) is 7.15. The van der Waals surface area contributed by atoms with Crippen LogP contribution < -0.4 is 9.64 Å². The van der Waals surface area contributed by atoms with Gasteiger partial charge in [0, 0.05) is 48.4 Å². The molecule has 0 unspecified atom stereocenters. The number of piperidine rings is 1. The third-order valence-electron chi connectivity index (χ3n) is 3.93. The van der Waals surface area contributed by atoms with E-state index in [1.165, 1.54) is 0 Å². The highest BCUT2D eigenvalue weighted by Crippen LogP contribution is 2.33. The number of ether oxygens (including phenoxy) is 1. The predicted octanol–water partition coefficient (Wildman–Crippen LogP) is 3.16. The minimum atomic E-state index is -0.304. The maximum Gasteiger partial charge on any atom is 0.213 e. The van der Waals surface area contributed by atoms with Crippen molar-refractivity contribution in [3.63, 3.8) is 0 Å². The summed E-state index contributed by atoms with van der Waals surface area (Å²) in [6, 6.07) is 5.67. The average molecular weight is 334 g/mol. The van der Waals surface area contributed by atoms with Crippen LogP contribution >= 0.6 is 11.6 Å². The zero-order chi connectivity index (χ0) is 16.2. The van der Waals surface area contributed by atoms with Gasteiger partial charge in [-0.25, -0.2) is 9.97 Å². The fourth-order valence-corrected chi connectivity index (χ4v) is 3.00. The molecule has 0 saturated carbocycles. The van der Waals surface area contributed by atoms with Crippen LogP contribution in [0.4, 0.5) is 5.69 Å². The Kier molecular flexibility index (Phi) is 4.98. The molecule has 0 aliphatic carbocycles. The van der Waals surface area contributed by atoms with E-state index in [1.54, 1.807) is 12.4 Å². The Morgan fingerprint density at radius 1 is 1.35 bits per heavy atom. The number of anilines is 1. The summed E-state index contributed by atoms with van der Waals surface area (Å²) in [7, 11) is 0. The molecule has 5 nitrogen and oxygen atoms in total. The number of aliphatic hydroxyl groups excluding tert-OH is 1. The van der Waals surface area contributed by atoms with Crippen molar-refractivity contribution in [3.8, 4) is 17.0 Å². The van der Waals surface area contributed by atoms with Crippen LogP contribution in [0.2, 0.25) is 5.15 Å². The van der Waals surface area contributed by atoms with E-state index < -0.39 is 0 Å². The van der Waals surface area contributed by atoms with Gasteiger partial charge >= 0.3 is 0 Å². The van der Waals surface area contributed by atoms with Gasteiger partial charge in [0.15, 0.2) is 0 Å². The summed E-state index contributed by atoms with van der Waals surface area (Å²) in [5.41, 5.74) is 2.89. The van der Waals surface area contributed by atoms with Crippen molar-refractivity contribution in [1.82, 2.24) is 9.97 Å². The van der Waals surface area contributed by atoms with Crippen molar-refractivity contribution in [2.45, 2.75) is 25.9 Å². The van der Waals surface area contributed by atoms with E-state index in [1.807, 2.05) is 25.1 Å². The van der Waals surface area contributed by atoms with Crippen molar-refractivity contribution >= 4 is 17.3 Å². The molecule has 0 amide bonds. The van der Waals surface area contributed by atoms with Crippen LogP contribution in [-0.4, -0.2) is 40.9 Å². The minimum Gasteiger partial charge on any atom is -0.478 e. The Labute approximate surface area is 140 Å². The summed E-state index contributed by atoms with van der Waals surface area (Å²) in [5, 5.41) is 10.4. The number of hydrogen-bond acceptors (Lipinski definition) is 5. The summed E-state index contributed by atoms with van der Waals surface area (Å²) in [4.78, 5) is 10.7. The van der Waals surface area contributed by atoms with Crippen molar-refractivity contribution in [3.05, 3.63) is 35.7 Å². The third-order valence-corrected chi connectivity index (χ3v) is 4.13.